The Balaban J connectivity index is 1.95. The van der Waals surface area contributed by atoms with Crippen LogP contribution >= 0.6 is 11.8 Å². The lowest BCUT2D eigenvalue weighted by Crippen LogP contribution is -2.42. The molecule has 1 amide bonds. The van der Waals surface area contributed by atoms with Crippen molar-refractivity contribution >= 4 is 23.6 Å². The van der Waals surface area contributed by atoms with Crippen molar-refractivity contribution in [2.24, 2.45) is 0 Å². The molecule has 1 aromatic carbocycles. The number of thioether (sulfide) groups is 1. The Morgan fingerprint density at radius 3 is 2.72 bits per heavy atom. The summed E-state index contributed by atoms with van der Waals surface area (Å²) in [6.45, 7) is 5.64. The summed E-state index contributed by atoms with van der Waals surface area (Å²) in [6, 6.07) is 7.97. The lowest BCUT2D eigenvalue weighted by molar-refractivity contribution is -0.146. The Hall–Kier alpha value is -1.53. The quantitative estimate of drug-likeness (QED) is 0.694. The molecule has 0 aromatic heterocycles. The molecule has 1 fully saturated rings. The van der Waals surface area contributed by atoms with Crippen LogP contribution in [0.25, 0.3) is 0 Å². The van der Waals surface area contributed by atoms with E-state index in [1.807, 2.05) is 0 Å². The molecule has 1 atom stereocenters. The van der Waals surface area contributed by atoms with Crippen molar-refractivity contribution in [3.05, 3.63) is 35.4 Å². The fraction of sp³-hybridized carbons (Fsp3) is 0.579. The Morgan fingerprint density at radius 1 is 1.32 bits per heavy atom. The van der Waals surface area contributed by atoms with E-state index in [2.05, 4.69) is 34.9 Å². The summed E-state index contributed by atoms with van der Waals surface area (Å²) in [5.41, 5.74) is 2.74. The molecule has 2 rings (SSSR count). The molecule has 1 aliphatic rings. The molecule has 0 radical (unpaired) electrons. The molecule has 138 valence electrons. The predicted molar refractivity (Wildman–Crippen MR) is 102 cm³/mol. The van der Waals surface area contributed by atoms with Gasteiger partial charge in [-0.15, -0.1) is 0 Å². The summed E-state index contributed by atoms with van der Waals surface area (Å²) < 4.78 is 5.05. The Morgan fingerprint density at radius 2 is 2.04 bits per heavy atom. The van der Waals surface area contributed by atoms with E-state index in [1.54, 1.807) is 18.7 Å². The van der Waals surface area contributed by atoms with Crippen molar-refractivity contribution in [3.8, 4) is 0 Å². The molecule has 0 unspecified atom stereocenters. The van der Waals surface area contributed by atoms with E-state index in [4.69, 9.17) is 4.74 Å². The minimum Gasteiger partial charge on any atom is -0.464 e. The van der Waals surface area contributed by atoms with E-state index in [-0.39, 0.29) is 11.9 Å². The average Bonchev–Trinajstić information content (AvgIpc) is 2.62. The summed E-state index contributed by atoms with van der Waals surface area (Å²) >= 11 is 1.66. The summed E-state index contributed by atoms with van der Waals surface area (Å²) in [5, 5.41) is 6.09. The van der Waals surface area contributed by atoms with Crippen LogP contribution < -0.4 is 10.6 Å². The van der Waals surface area contributed by atoms with E-state index in [0.29, 0.717) is 18.3 Å². The maximum Gasteiger partial charge on any atom is 0.329 e. The predicted octanol–water partition coefficient (Wildman–Crippen LogP) is 2.45. The van der Waals surface area contributed by atoms with Gasteiger partial charge >= 0.3 is 5.97 Å². The second-order valence-corrected chi connectivity index (χ2v) is 7.27. The van der Waals surface area contributed by atoms with E-state index < -0.39 is 6.04 Å². The average molecular weight is 365 g/mol. The van der Waals surface area contributed by atoms with Crippen molar-refractivity contribution in [1.82, 2.24) is 10.6 Å². The largest absolute Gasteiger partial charge is 0.464 e. The zero-order valence-electron chi connectivity index (χ0n) is 15.0. The van der Waals surface area contributed by atoms with Crippen molar-refractivity contribution in [2.45, 2.75) is 44.4 Å². The number of hydrogen-bond acceptors (Lipinski definition) is 5. The molecule has 2 N–H and O–H groups in total. The molecule has 0 bridgehead atoms. The molecule has 0 aliphatic carbocycles. The number of nitrogens with one attached hydrogen (secondary N) is 2. The van der Waals surface area contributed by atoms with Gasteiger partial charge in [0, 0.05) is 18.4 Å². The first kappa shape index (κ1) is 19.8. The Labute approximate surface area is 154 Å². The lowest BCUT2D eigenvalue weighted by atomic mass is 9.87. The molecule has 1 saturated heterocycles. The van der Waals surface area contributed by atoms with E-state index in [0.717, 1.165) is 18.8 Å². The second kappa shape index (κ2) is 10.5. The fourth-order valence-corrected chi connectivity index (χ4v) is 4.20. The van der Waals surface area contributed by atoms with Gasteiger partial charge in [-0.1, -0.05) is 24.3 Å². The number of benzene rings is 1. The molecular formula is C19H28N2O3S. The molecule has 1 aromatic rings. The van der Waals surface area contributed by atoms with Crippen LogP contribution in [0.4, 0.5) is 0 Å². The second-order valence-electron chi connectivity index (χ2n) is 6.24. The molecule has 0 spiro atoms. The van der Waals surface area contributed by atoms with Crippen LogP contribution in [0.15, 0.2) is 24.3 Å². The molecule has 25 heavy (non-hydrogen) atoms. The SMILES string of the molecule is CCOC(=O)[C@H](CSCc1ccccc1C1CCNCC1)NC(C)=O. The first-order valence-corrected chi connectivity index (χ1v) is 10.1. The van der Waals surface area contributed by atoms with Crippen molar-refractivity contribution < 1.29 is 14.3 Å². The first-order chi connectivity index (χ1) is 12.1. The van der Waals surface area contributed by atoms with Crippen LogP contribution in [0.2, 0.25) is 0 Å². The van der Waals surface area contributed by atoms with Gasteiger partial charge in [-0.2, -0.15) is 11.8 Å². The summed E-state index contributed by atoms with van der Waals surface area (Å²) in [6.07, 6.45) is 2.33. The maximum absolute atomic E-state index is 12.0. The van der Waals surface area contributed by atoms with Crippen LogP contribution in [-0.2, 0) is 20.1 Å². The van der Waals surface area contributed by atoms with Gasteiger partial charge in [0.05, 0.1) is 6.61 Å². The summed E-state index contributed by atoms with van der Waals surface area (Å²) in [4.78, 5) is 23.3. The van der Waals surface area contributed by atoms with Gasteiger partial charge < -0.3 is 15.4 Å². The van der Waals surface area contributed by atoms with Gasteiger partial charge in [0.1, 0.15) is 6.04 Å². The highest BCUT2D eigenvalue weighted by molar-refractivity contribution is 7.98. The fourth-order valence-electron chi connectivity index (χ4n) is 3.14. The first-order valence-electron chi connectivity index (χ1n) is 8.91. The zero-order chi connectivity index (χ0) is 18.1. The topological polar surface area (TPSA) is 67.4 Å². The Kier molecular flexibility index (Phi) is 8.28. The molecule has 0 saturated carbocycles. The number of carbonyl (C=O) groups excluding carboxylic acids is 2. The minimum absolute atomic E-state index is 0.214. The van der Waals surface area contributed by atoms with Gasteiger partial charge in [0.15, 0.2) is 0 Å². The van der Waals surface area contributed by atoms with Gasteiger partial charge in [-0.25, -0.2) is 4.79 Å². The van der Waals surface area contributed by atoms with Crippen LogP contribution in [0, 0.1) is 0 Å². The van der Waals surface area contributed by atoms with Gasteiger partial charge in [-0.05, 0) is 49.9 Å². The summed E-state index contributed by atoms with van der Waals surface area (Å²) in [5.74, 6) is 1.37. The standard InChI is InChI=1S/C19H28N2O3S/c1-3-24-19(23)18(21-14(2)22)13-25-12-16-6-4-5-7-17(16)15-8-10-20-11-9-15/h4-7,15,18,20H,3,8-13H2,1-2H3,(H,21,22)/t18-/m0/s1. The number of hydrogen-bond donors (Lipinski definition) is 2. The number of rotatable bonds is 8. The number of carbonyl (C=O) groups is 2. The number of amides is 1. The lowest BCUT2D eigenvalue weighted by Gasteiger charge is -2.25. The van der Waals surface area contributed by atoms with Gasteiger partial charge in [0.25, 0.3) is 0 Å². The van der Waals surface area contributed by atoms with Crippen molar-refractivity contribution in [2.75, 3.05) is 25.4 Å². The van der Waals surface area contributed by atoms with Crippen LogP contribution in [0.1, 0.15) is 43.7 Å². The van der Waals surface area contributed by atoms with Crippen LogP contribution in [0.3, 0.4) is 0 Å². The molecule has 6 heteroatoms. The number of piperidine rings is 1. The van der Waals surface area contributed by atoms with Crippen LogP contribution in [-0.4, -0.2) is 43.4 Å². The van der Waals surface area contributed by atoms with Crippen molar-refractivity contribution in [3.63, 3.8) is 0 Å². The van der Waals surface area contributed by atoms with Gasteiger partial charge in [0.2, 0.25) is 5.91 Å². The van der Waals surface area contributed by atoms with E-state index in [1.165, 1.54) is 30.9 Å². The van der Waals surface area contributed by atoms with E-state index in [9.17, 15) is 9.59 Å². The van der Waals surface area contributed by atoms with Gasteiger partial charge in [-0.3, -0.25) is 4.79 Å². The number of ether oxygens (including phenoxy) is 1. The summed E-state index contributed by atoms with van der Waals surface area (Å²) in [7, 11) is 0. The highest BCUT2D eigenvalue weighted by Gasteiger charge is 2.22. The smallest absolute Gasteiger partial charge is 0.329 e. The van der Waals surface area contributed by atoms with Crippen LogP contribution in [0.5, 0.6) is 0 Å². The third-order valence-corrected chi connectivity index (χ3v) is 5.41. The normalized spacial score (nSPS) is 16.2. The molecule has 5 nitrogen and oxygen atoms in total. The minimum atomic E-state index is -0.589. The van der Waals surface area contributed by atoms with Crippen molar-refractivity contribution in [1.29, 1.82) is 0 Å². The third-order valence-electron chi connectivity index (χ3n) is 4.32. The van der Waals surface area contributed by atoms with E-state index >= 15 is 0 Å². The highest BCUT2D eigenvalue weighted by Crippen LogP contribution is 2.30. The molecular weight excluding hydrogens is 336 g/mol. The third kappa shape index (κ3) is 6.36. The zero-order valence-corrected chi connectivity index (χ0v) is 15.9. The maximum atomic E-state index is 12.0. The Bertz CT molecular complexity index is 574. The number of esters is 1. The monoisotopic (exact) mass is 364 g/mol. The highest BCUT2D eigenvalue weighted by atomic mass is 32.2. The molecule has 1 heterocycles. The molecule has 1 aliphatic heterocycles.